The Morgan fingerprint density at radius 3 is 2.59 bits per heavy atom. The first-order valence-electron chi connectivity index (χ1n) is 6.63. The molecule has 0 spiro atoms. The standard InChI is InChI=1S/C16H12N2O4/c19-16-9-14(17-10-11-4-2-1-3-5-11)13-8-12(18(20)21)6-7-15(13)22-16/h1-9,17H,10H2. The van der Waals surface area contributed by atoms with Crippen molar-refractivity contribution in [3.63, 3.8) is 0 Å². The van der Waals surface area contributed by atoms with Crippen LogP contribution in [0.3, 0.4) is 0 Å². The van der Waals surface area contributed by atoms with Crippen LogP contribution in [0.15, 0.2) is 63.8 Å². The summed E-state index contributed by atoms with van der Waals surface area (Å²) >= 11 is 0. The molecule has 1 heterocycles. The molecule has 0 atom stereocenters. The highest BCUT2D eigenvalue weighted by Gasteiger charge is 2.11. The highest BCUT2D eigenvalue weighted by atomic mass is 16.6. The summed E-state index contributed by atoms with van der Waals surface area (Å²) in [6, 6.07) is 15.1. The average molecular weight is 296 g/mol. The minimum atomic E-state index is -0.503. The summed E-state index contributed by atoms with van der Waals surface area (Å²) in [5.74, 6) is 0. The van der Waals surface area contributed by atoms with E-state index in [2.05, 4.69) is 5.32 Å². The van der Waals surface area contributed by atoms with E-state index in [-0.39, 0.29) is 5.69 Å². The molecule has 0 fully saturated rings. The summed E-state index contributed by atoms with van der Waals surface area (Å²) in [5.41, 5.74) is 1.31. The van der Waals surface area contributed by atoms with Gasteiger partial charge in [0, 0.05) is 30.1 Å². The largest absolute Gasteiger partial charge is 0.423 e. The first-order valence-corrected chi connectivity index (χ1v) is 6.63. The molecule has 0 saturated heterocycles. The van der Waals surface area contributed by atoms with E-state index in [9.17, 15) is 14.9 Å². The summed E-state index contributed by atoms with van der Waals surface area (Å²) in [7, 11) is 0. The Bertz CT molecular complexity index is 888. The van der Waals surface area contributed by atoms with Crippen LogP contribution < -0.4 is 10.9 Å². The second kappa shape index (κ2) is 5.69. The molecule has 1 N–H and O–H groups in total. The number of rotatable bonds is 4. The third kappa shape index (κ3) is 2.80. The van der Waals surface area contributed by atoms with Gasteiger partial charge in [0.15, 0.2) is 0 Å². The number of nitro groups is 1. The quantitative estimate of drug-likeness (QED) is 0.453. The van der Waals surface area contributed by atoms with Crippen LogP contribution in [0.5, 0.6) is 0 Å². The van der Waals surface area contributed by atoms with Gasteiger partial charge in [-0.2, -0.15) is 0 Å². The average Bonchev–Trinajstić information content (AvgIpc) is 2.53. The van der Waals surface area contributed by atoms with E-state index >= 15 is 0 Å². The number of hydrogen-bond donors (Lipinski definition) is 1. The molecule has 3 rings (SSSR count). The van der Waals surface area contributed by atoms with E-state index in [1.165, 1.54) is 24.3 Å². The van der Waals surface area contributed by atoms with Crippen molar-refractivity contribution in [2.24, 2.45) is 0 Å². The van der Waals surface area contributed by atoms with Crippen LogP contribution >= 0.6 is 0 Å². The van der Waals surface area contributed by atoms with E-state index in [0.29, 0.717) is 23.2 Å². The van der Waals surface area contributed by atoms with Crippen molar-refractivity contribution in [1.82, 2.24) is 0 Å². The molecule has 0 aliphatic heterocycles. The second-order valence-corrected chi connectivity index (χ2v) is 4.76. The molecule has 6 heteroatoms. The molecule has 2 aromatic carbocycles. The topological polar surface area (TPSA) is 85.4 Å². The maximum absolute atomic E-state index is 11.6. The van der Waals surface area contributed by atoms with Crippen LogP contribution in [-0.4, -0.2) is 4.92 Å². The molecular weight excluding hydrogens is 284 g/mol. The Labute approximate surface area is 125 Å². The van der Waals surface area contributed by atoms with Crippen molar-refractivity contribution in [2.45, 2.75) is 6.54 Å². The first kappa shape index (κ1) is 13.8. The molecule has 0 aliphatic rings. The maximum atomic E-state index is 11.6. The lowest BCUT2D eigenvalue weighted by molar-refractivity contribution is -0.384. The first-order chi connectivity index (χ1) is 10.6. The van der Waals surface area contributed by atoms with E-state index < -0.39 is 10.5 Å². The number of nitro benzene ring substituents is 1. The molecular formula is C16H12N2O4. The predicted octanol–water partition coefficient (Wildman–Crippen LogP) is 3.31. The van der Waals surface area contributed by atoms with Gasteiger partial charge in [0.05, 0.1) is 10.6 Å². The minimum absolute atomic E-state index is 0.0517. The molecule has 1 aromatic heterocycles. The van der Waals surface area contributed by atoms with Gasteiger partial charge in [-0.15, -0.1) is 0 Å². The van der Waals surface area contributed by atoms with E-state index in [1.807, 2.05) is 30.3 Å². The van der Waals surface area contributed by atoms with Crippen LogP contribution in [0.2, 0.25) is 0 Å². The van der Waals surface area contributed by atoms with Crippen LogP contribution in [0.4, 0.5) is 11.4 Å². The van der Waals surface area contributed by atoms with Crippen LogP contribution in [0.25, 0.3) is 11.0 Å². The summed E-state index contributed by atoms with van der Waals surface area (Å²) in [6.45, 7) is 0.502. The van der Waals surface area contributed by atoms with E-state index in [4.69, 9.17) is 4.42 Å². The predicted molar refractivity (Wildman–Crippen MR) is 82.9 cm³/mol. The monoisotopic (exact) mass is 296 g/mol. The van der Waals surface area contributed by atoms with Gasteiger partial charge in [0.25, 0.3) is 5.69 Å². The van der Waals surface area contributed by atoms with E-state index in [0.717, 1.165) is 5.56 Å². The summed E-state index contributed by atoms with van der Waals surface area (Å²) in [6.07, 6.45) is 0. The fourth-order valence-electron chi connectivity index (χ4n) is 2.20. The smallest absolute Gasteiger partial charge is 0.338 e. The fourth-order valence-corrected chi connectivity index (χ4v) is 2.20. The molecule has 110 valence electrons. The number of benzene rings is 2. The normalized spacial score (nSPS) is 10.5. The highest BCUT2D eigenvalue weighted by Crippen LogP contribution is 2.26. The van der Waals surface area contributed by atoms with Gasteiger partial charge in [0.2, 0.25) is 0 Å². The van der Waals surface area contributed by atoms with Crippen LogP contribution in [-0.2, 0) is 6.54 Å². The molecule has 0 amide bonds. The van der Waals surface area contributed by atoms with Crippen molar-refractivity contribution in [3.05, 3.63) is 80.7 Å². The van der Waals surface area contributed by atoms with Crippen molar-refractivity contribution >= 4 is 22.3 Å². The minimum Gasteiger partial charge on any atom is -0.423 e. The Morgan fingerprint density at radius 2 is 1.86 bits per heavy atom. The number of nitrogens with one attached hydrogen (secondary N) is 1. The Hall–Kier alpha value is -3.15. The molecule has 0 radical (unpaired) electrons. The van der Waals surface area contributed by atoms with E-state index in [1.54, 1.807) is 0 Å². The van der Waals surface area contributed by atoms with Gasteiger partial charge in [-0.3, -0.25) is 10.1 Å². The van der Waals surface area contributed by atoms with Crippen molar-refractivity contribution in [2.75, 3.05) is 5.32 Å². The Kier molecular flexibility index (Phi) is 3.57. The lowest BCUT2D eigenvalue weighted by atomic mass is 10.1. The molecule has 0 aliphatic carbocycles. The number of nitrogens with zero attached hydrogens (tertiary/aromatic N) is 1. The third-order valence-corrected chi connectivity index (χ3v) is 3.26. The summed E-state index contributed by atoms with van der Waals surface area (Å²) in [4.78, 5) is 22.0. The lowest BCUT2D eigenvalue weighted by Crippen LogP contribution is -2.05. The lowest BCUT2D eigenvalue weighted by Gasteiger charge is -2.08. The van der Waals surface area contributed by atoms with Gasteiger partial charge in [-0.1, -0.05) is 30.3 Å². The van der Waals surface area contributed by atoms with Gasteiger partial charge >= 0.3 is 5.63 Å². The zero-order valence-corrected chi connectivity index (χ0v) is 11.5. The van der Waals surface area contributed by atoms with Crippen LogP contribution in [0.1, 0.15) is 5.56 Å². The number of hydrogen-bond acceptors (Lipinski definition) is 5. The fraction of sp³-hybridized carbons (Fsp3) is 0.0625. The Balaban J connectivity index is 2.01. The molecule has 0 bridgehead atoms. The zero-order chi connectivity index (χ0) is 15.5. The summed E-state index contributed by atoms with van der Waals surface area (Å²) < 4.78 is 5.07. The van der Waals surface area contributed by atoms with Gasteiger partial charge in [0.1, 0.15) is 5.58 Å². The number of fused-ring (bicyclic) bond motifs is 1. The third-order valence-electron chi connectivity index (χ3n) is 3.26. The molecule has 0 unspecified atom stereocenters. The SMILES string of the molecule is O=c1cc(NCc2ccccc2)c2cc([N+](=O)[O-])ccc2o1. The van der Waals surface area contributed by atoms with Crippen molar-refractivity contribution in [3.8, 4) is 0 Å². The maximum Gasteiger partial charge on any atom is 0.338 e. The van der Waals surface area contributed by atoms with Crippen molar-refractivity contribution < 1.29 is 9.34 Å². The van der Waals surface area contributed by atoms with Gasteiger partial charge in [-0.25, -0.2) is 4.79 Å². The van der Waals surface area contributed by atoms with Crippen molar-refractivity contribution in [1.29, 1.82) is 0 Å². The molecule has 3 aromatic rings. The molecule has 22 heavy (non-hydrogen) atoms. The molecule has 6 nitrogen and oxygen atoms in total. The van der Waals surface area contributed by atoms with Gasteiger partial charge < -0.3 is 9.73 Å². The second-order valence-electron chi connectivity index (χ2n) is 4.76. The van der Waals surface area contributed by atoms with Gasteiger partial charge in [-0.05, 0) is 11.6 Å². The molecule has 0 saturated carbocycles. The summed E-state index contributed by atoms with van der Waals surface area (Å²) in [5, 5.41) is 14.5. The highest BCUT2D eigenvalue weighted by molar-refractivity contribution is 5.91. The number of non-ortho nitro benzene ring substituents is 1. The number of anilines is 1. The zero-order valence-electron chi connectivity index (χ0n) is 11.5. The van der Waals surface area contributed by atoms with Crippen LogP contribution in [0, 0.1) is 10.1 Å². The Morgan fingerprint density at radius 1 is 1.09 bits per heavy atom.